The maximum absolute atomic E-state index is 13.7. The maximum atomic E-state index is 13.7. The van der Waals surface area contributed by atoms with Crippen LogP contribution in [0.2, 0.25) is 0 Å². The standard InChI is InChI=1S/C16H13BrClFN2/c1-9-3-5-12(19)8-14(9)21-15-7-11(17)4-6-13(15)20-16(21)10(2)18/h3-8,10H,1-2H3. The molecule has 0 amide bonds. The second kappa shape index (κ2) is 5.43. The van der Waals surface area contributed by atoms with E-state index in [4.69, 9.17) is 11.6 Å². The Morgan fingerprint density at radius 2 is 2.00 bits per heavy atom. The number of rotatable bonds is 2. The van der Waals surface area contributed by atoms with Crippen LogP contribution in [-0.4, -0.2) is 9.55 Å². The van der Waals surface area contributed by atoms with Gasteiger partial charge in [0.1, 0.15) is 11.6 Å². The first-order valence-corrected chi connectivity index (χ1v) is 7.79. The summed E-state index contributed by atoms with van der Waals surface area (Å²) in [6.07, 6.45) is 0. The minimum atomic E-state index is -0.279. The fourth-order valence-electron chi connectivity index (χ4n) is 2.41. The van der Waals surface area contributed by atoms with E-state index in [1.54, 1.807) is 6.07 Å². The predicted molar refractivity (Wildman–Crippen MR) is 87.7 cm³/mol. The molecule has 0 spiro atoms. The van der Waals surface area contributed by atoms with E-state index in [1.165, 1.54) is 12.1 Å². The molecule has 3 rings (SSSR count). The highest BCUT2D eigenvalue weighted by Gasteiger charge is 2.18. The molecule has 0 aliphatic rings. The van der Waals surface area contributed by atoms with E-state index in [9.17, 15) is 4.39 Å². The Labute approximate surface area is 135 Å². The first-order valence-electron chi connectivity index (χ1n) is 6.56. The van der Waals surface area contributed by atoms with Gasteiger partial charge in [0.2, 0.25) is 0 Å². The summed E-state index contributed by atoms with van der Waals surface area (Å²) in [5.74, 6) is 0.430. The van der Waals surface area contributed by atoms with Gasteiger partial charge in [-0.25, -0.2) is 9.37 Å². The summed E-state index contributed by atoms with van der Waals surface area (Å²) < 4.78 is 16.5. The average Bonchev–Trinajstić information content (AvgIpc) is 2.80. The molecule has 1 aromatic heterocycles. The molecule has 1 atom stereocenters. The van der Waals surface area contributed by atoms with E-state index in [1.807, 2.05) is 36.6 Å². The summed E-state index contributed by atoms with van der Waals surface area (Å²) in [6, 6.07) is 10.6. The summed E-state index contributed by atoms with van der Waals surface area (Å²) in [4.78, 5) is 4.59. The fourth-order valence-corrected chi connectivity index (χ4v) is 2.91. The summed E-state index contributed by atoms with van der Waals surface area (Å²) in [5.41, 5.74) is 3.47. The van der Waals surface area contributed by atoms with E-state index in [-0.39, 0.29) is 11.2 Å². The molecule has 1 unspecified atom stereocenters. The molecular formula is C16H13BrClFN2. The largest absolute Gasteiger partial charge is 0.295 e. The molecule has 0 aliphatic carbocycles. The van der Waals surface area contributed by atoms with Gasteiger partial charge in [0.05, 0.1) is 22.1 Å². The highest BCUT2D eigenvalue weighted by atomic mass is 79.9. The van der Waals surface area contributed by atoms with E-state index >= 15 is 0 Å². The third kappa shape index (κ3) is 2.58. The molecular weight excluding hydrogens is 355 g/mol. The predicted octanol–water partition coefficient (Wildman–Crippen LogP) is 5.54. The van der Waals surface area contributed by atoms with Crippen molar-refractivity contribution in [3.63, 3.8) is 0 Å². The van der Waals surface area contributed by atoms with Crippen LogP contribution in [0.25, 0.3) is 16.7 Å². The van der Waals surface area contributed by atoms with Gasteiger partial charge >= 0.3 is 0 Å². The van der Waals surface area contributed by atoms with Crippen molar-refractivity contribution < 1.29 is 4.39 Å². The van der Waals surface area contributed by atoms with Crippen LogP contribution in [0.5, 0.6) is 0 Å². The molecule has 2 nitrogen and oxygen atoms in total. The Bertz CT molecular complexity index is 827. The van der Waals surface area contributed by atoms with E-state index < -0.39 is 0 Å². The lowest BCUT2D eigenvalue weighted by Gasteiger charge is -2.13. The maximum Gasteiger partial charge on any atom is 0.132 e. The van der Waals surface area contributed by atoms with Crippen LogP contribution >= 0.6 is 27.5 Å². The minimum Gasteiger partial charge on any atom is -0.295 e. The lowest BCUT2D eigenvalue weighted by Crippen LogP contribution is -2.04. The van der Waals surface area contributed by atoms with Crippen molar-refractivity contribution in [1.29, 1.82) is 0 Å². The van der Waals surface area contributed by atoms with Crippen molar-refractivity contribution in [2.45, 2.75) is 19.2 Å². The number of fused-ring (bicyclic) bond motifs is 1. The molecule has 2 aromatic carbocycles. The Balaban J connectivity index is 2.41. The quantitative estimate of drug-likeness (QED) is 0.544. The van der Waals surface area contributed by atoms with Crippen molar-refractivity contribution in [2.75, 3.05) is 0 Å². The lowest BCUT2D eigenvalue weighted by molar-refractivity contribution is 0.625. The number of nitrogens with zero attached hydrogens (tertiary/aromatic N) is 2. The van der Waals surface area contributed by atoms with Crippen LogP contribution in [0.3, 0.4) is 0 Å². The van der Waals surface area contributed by atoms with Gasteiger partial charge in [-0.1, -0.05) is 22.0 Å². The molecule has 0 aliphatic heterocycles. The van der Waals surface area contributed by atoms with Crippen LogP contribution in [-0.2, 0) is 0 Å². The summed E-state index contributed by atoms with van der Waals surface area (Å²) >= 11 is 9.74. The van der Waals surface area contributed by atoms with Gasteiger partial charge in [0.25, 0.3) is 0 Å². The topological polar surface area (TPSA) is 17.8 Å². The highest BCUT2D eigenvalue weighted by Crippen LogP contribution is 2.31. The van der Waals surface area contributed by atoms with Gasteiger partial charge in [0, 0.05) is 4.47 Å². The molecule has 5 heteroatoms. The van der Waals surface area contributed by atoms with Crippen LogP contribution < -0.4 is 0 Å². The Morgan fingerprint density at radius 3 is 2.71 bits per heavy atom. The molecule has 0 saturated heterocycles. The molecule has 21 heavy (non-hydrogen) atoms. The molecule has 1 heterocycles. The van der Waals surface area contributed by atoms with Gasteiger partial charge in [0.15, 0.2) is 0 Å². The van der Waals surface area contributed by atoms with E-state index in [0.717, 1.165) is 26.8 Å². The Kier molecular flexibility index (Phi) is 3.76. The number of hydrogen-bond donors (Lipinski definition) is 0. The average molecular weight is 368 g/mol. The van der Waals surface area contributed by atoms with Gasteiger partial charge in [-0.2, -0.15) is 0 Å². The lowest BCUT2D eigenvalue weighted by atomic mass is 10.2. The molecule has 3 aromatic rings. The summed E-state index contributed by atoms with van der Waals surface area (Å²) in [6.45, 7) is 3.81. The smallest absolute Gasteiger partial charge is 0.132 e. The van der Waals surface area contributed by atoms with Gasteiger partial charge in [-0.15, -0.1) is 11.6 Å². The highest BCUT2D eigenvalue weighted by molar-refractivity contribution is 9.10. The second-order valence-electron chi connectivity index (χ2n) is 4.99. The minimum absolute atomic E-state index is 0.277. The van der Waals surface area contributed by atoms with Gasteiger partial charge in [-0.3, -0.25) is 4.57 Å². The first kappa shape index (κ1) is 14.5. The number of alkyl halides is 1. The summed E-state index contributed by atoms with van der Waals surface area (Å²) in [5, 5.41) is -0.279. The van der Waals surface area contributed by atoms with Gasteiger partial charge in [-0.05, 0) is 49.7 Å². The third-order valence-corrected chi connectivity index (χ3v) is 4.10. The number of imidazole rings is 1. The zero-order valence-electron chi connectivity index (χ0n) is 11.6. The van der Waals surface area contributed by atoms with Crippen LogP contribution in [0.15, 0.2) is 40.9 Å². The number of aryl methyl sites for hydroxylation is 1. The normalized spacial score (nSPS) is 12.8. The van der Waals surface area contributed by atoms with Gasteiger partial charge < -0.3 is 0 Å². The molecule has 0 N–H and O–H groups in total. The first-order chi connectivity index (χ1) is 9.97. The number of benzene rings is 2. The SMILES string of the molecule is Cc1ccc(F)cc1-n1c(C(C)Cl)nc2ccc(Br)cc21. The van der Waals surface area contributed by atoms with Crippen molar-refractivity contribution in [3.8, 4) is 5.69 Å². The van der Waals surface area contributed by atoms with Crippen molar-refractivity contribution in [1.82, 2.24) is 9.55 Å². The van der Waals surface area contributed by atoms with E-state index in [0.29, 0.717) is 5.82 Å². The van der Waals surface area contributed by atoms with Crippen molar-refractivity contribution in [2.24, 2.45) is 0 Å². The van der Waals surface area contributed by atoms with Crippen LogP contribution in [0.1, 0.15) is 23.7 Å². The molecule has 0 radical (unpaired) electrons. The number of aromatic nitrogens is 2. The fraction of sp³-hybridized carbons (Fsp3) is 0.188. The van der Waals surface area contributed by atoms with Crippen LogP contribution in [0.4, 0.5) is 4.39 Å². The molecule has 0 fully saturated rings. The Hall–Kier alpha value is -1.39. The third-order valence-electron chi connectivity index (χ3n) is 3.41. The molecule has 0 saturated carbocycles. The number of hydrogen-bond acceptors (Lipinski definition) is 1. The molecule has 108 valence electrons. The second-order valence-corrected chi connectivity index (χ2v) is 6.56. The Morgan fingerprint density at radius 1 is 1.24 bits per heavy atom. The zero-order chi connectivity index (χ0) is 15.1. The summed E-state index contributed by atoms with van der Waals surface area (Å²) in [7, 11) is 0. The monoisotopic (exact) mass is 366 g/mol. The molecule has 0 bridgehead atoms. The zero-order valence-corrected chi connectivity index (χ0v) is 13.9. The van der Waals surface area contributed by atoms with Crippen LogP contribution in [0, 0.1) is 12.7 Å². The van der Waals surface area contributed by atoms with E-state index in [2.05, 4.69) is 20.9 Å². The van der Waals surface area contributed by atoms with Crippen molar-refractivity contribution >= 4 is 38.6 Å². The number of halogens is 3. The van der Waals surface area contributed by atoms with Crippen molar-refractivity contribution in [3.05, 3.63) is 58.1 Å².